The molecule has 1 fully saturated rings. The Balaban J connectivity index is 1.90. The van der Waals surface area contributed by atoms with Crippen molar-refractivity contribution >= 4 is 17.6 Å². The Morgan fingerprint density at radius 3 is 2.50 bits per heavy atom. The third-order valence-electron chi connectivity index (χ3n) is 2.88. The van der Waals surface area contributed by atoms with E-state index < -0.39 is 17.8 Å². The van der Waals surface area contributed by atoms with E-state index in [1.54, 1.807) is 24.3 Å². The molecule has 1 aliphatic carbocycles. The smallest absolute Gasteiger partial charge is 0.307 e. The summed E-state index contributed by atoms with van der Waals surface area (Å²) in [6, 6.07) is 7.00. The normalized spacial score (nSPS) is 21.2. The third kappa shape index (κ3) is 2.80. The average Bonchev–Trinajstić information content (AvgIpc) is 3.12. The number of carbonyl (C=O) groups excluding carboxylic acids is 1. The van der Waals surface area contributed by atoms with Crippen molar-refractivity contribution in [2.45, 2.75) is 13.3 Å². The standard InChI is InChI=1S/C13H15NO4/c1-2-18-9-5-3-8(4-6-9)14-12(15)10-7-11(10)13(16)17/h3-6,10-11H,2,7H2,1H3,(H,14,15)(H,16,17)/t10-,11+/m1/s1. The van der Waals surface area contributed by atoms with E-state index >= 15 is 0 Å². The Hall–Kier alpha value is -2.04. The van der Waals surface area contributed by atoms with Crippen molar-refractivity contribution in [3.8, 4) is 5.75 Å². The predicted octanol–water partition coefficient (Wildman–Crippen LogP) is 1.74. The predicted molar refractivity (Wildman–Crippen MR) is 65.5 cm³/mol. The first kappa shape index (κ1) is 12.4. The molecular weight excluding hydrogens is 234 g/mol. The molecule has 0 unspecified atom stereocenters. The summed E-state index contributed by atoms with van der Waals surface area (Å²) in [7, 11) is 0. The summed E-state index contributed by atoms with van der Waals surface area (Å²) in [6.07, 6.45) is 0.429. The molecule has 0 saturated heterocycles. The third-order valence-corrected chi connectivity index (χ3v) is 2.88. The summed E-state index contributed by atoms with van der Waals surface area (Å²) < 4.78 is 5.28. The number of amides is 1. The maximum Gasteiger partial charge on any atom is 0.307 e. The summed E-state index contributed by atoms with van der Waals surface area (Å²) in [6.45, 7) is 2.49. The van der Waals surface area contributed by atoms with Gasteiger partial charge in [-0.25, -0.2) is 0 Å². The van der Waals surface area contributed by atoms with Gasteiger partial charge in [-0.05, 0) is 37.6 Å². The van der Waals surface area contributed by atoms with Crippen molar-refractivity contribution in [2.75, 3.05) is 11.9 Å². The minimum atomic E-state index is -0.901. The number of nitrogens with one attached hydrogen (secondary N) is 1. The lowest BCUT2D eigenvalue weighted by molar-refractivity contribution is -0.139. The van der Waals surface area contributed by atoms with Crippen LogP contribution in [0.5, 0.6) is 5.75 Å². The molecule has 5 nitrogen and oxygen atoms in total. The van der Waals surface area contributed by atoms with Crippen molar-refractivity contribution in [2.24, 2.45) is 11.8 Å². The first-order valence-corrected chi connectivity index (χ1v) is 5.88. The molecule has 1 saturated carbocycles. The van der Waals surface area contributed by atoms with Crippen molar-refractivity contribution < 1.29 is 19.4 Å². The molecule has 1 amide bonds. The Labute approximate surface area is 105 Å². The van der Waals surface area contributed by atoms with Crippen LogP contribution in [0.3, 0.4) is 0 Å². The number of hydrogen-bond acceptors (Lipinski definition) is 3. The van der Waals surface area contributed by atoms with Gasteiger partial charge < -0.3 is 15.2 Å². The van der Waals surface area contributed by atoms with Crippen LogP contribution in [0.25, 0.3) is 0 Å². The minimum Gasteiger partial charge on any atom is -0.494 e. The van der Waals surface area contributed by atoms with Gasteiger partial charge in [0.05, 0.1) is 18.4 Å². The van der Waals surface area contributed by atoms with E-state index in [0.717, 1.165) is 5.75 Å². The van der Waals surface area contributed by atoms with Crippen LogP contribution in [0.15, 0.2) is 24.3 Å². The maximum atomic E-state index is 11.7. The molecule has 1 aromatic rings. The first-order valence-electron chi connectivity index (χ1n) is 5.88. The van der Waals surface area contributed by atoms with Crippen LogP contribution >= 0.6 is 0 Å². The van der Waals surface area contributed by atoms with E-state index in [1.807, 2.05) is 6.92 Å². The van der Waals surface area contributed by atoms with Crippen LogP contribution < -0.4 is 10.1 Å². The molecule has 0 bridgehead atoms. The molecule has 0 spiro atoms. The second-order valence-corrected chi connectivity index (χ2v) is 4.23. The first-order chi connectivity index (χ1) is 8.61. The number of carboxylic acid groups (broad SMARTS) is 1. The van der Waals surface area contributed by atoms with Gasteiger partial charge in [0.25, 0.3) is 0 Å². The number of benzene rings is 1. The molecule has 5 heteroatoms. The molecule has 2 N–H and O–H groups in total. The fourth-order valence-corrected chi connectivity index (χ4v) is 1.79. The highest BCUT2D eigenvalue weighted by Crippen LogP contribution is 2.39. The largest absolute Gasteiger partial charge is 0.494 e. The Kier molecular flexibility index (Phi) is 3.50. The summed E-state index contributed by atoms with van der Waals surface area (Å²) >= 11 is 0. The zero-order chi connectivity index (χ0) is 13.1. The van der Waals surface area contributed by atoms with Crippen LogP contribution in [-0.4, -0.2) is 23.6 Å². The van der Waals surface area contributed by atoms with Gasteiger partial charge in [-0.15, -0.1) is 0 Å². The van der Waals surface area contributed by atoms with Crippen molar-refractivity contribution in [3.05, 3.63) is 24.3 Å². The average molecular weight is 249 g/mol. The highest BCUT2D eigenvalue weighted by Gasteiger charge is 2.48. The Bertz CT molecular complexity index is 455. The second-order valence-electron chi connectivity index (χ2n) is 4.23. The molecule has 18 heavy (non-hydrogen) atoms. The second kappa shape index (κ2) is 5.08. The zero-order valence-corrected chi connectivity index (χ0v) is 10.1. The summed E-state index contributed by atoms with van der Waals surface area (Å²) in [5, 5.41) is 11.4. The maximum absolute atomic E-state index is 11.7. The topological polar surface area (TPSA) is 75.6 Å². The molecular formula is C13H15NO4. The number of rotatable bonds is 5. The molecule has 96 valence electrons. The molecule has 1 aliphatic rings. The van der Waals surface area contributed by atoms with E-state index in [1.165, 1.54) is 0 Å². The SMILES string of the molecule is CCOc1ccc(NC(=O)[C@@H]2C[C@@H]2C(=O)O)cc1. The van der Waals surface area contributed by atoms with Gasteiger partial charge in [-0.1, -0.05) is 0 Å². The molecule has 0 aliphatic heterocycles. The van der Waals surface area contributed by atoms with Crippen LogP contribution in [0.2, 0.25) is 0 Å². The minimum absolute atomic E-state index is 0.230. The van der Waals surface area contributed by atoms with Crippen LogP contribution in [0.4, 0.5) is 5.69 Å². The van der Waals surface area contributed by atoms with Gasteiger partial charge in [0.15, 0.2) is 0 Å². The Morgan fingerprint density at radius 2 is 2.00 bits per heavy atom. The van der Waals surface area contributed by atoms with Gasteiger partial charge in [0.2, 0.25) is 5.91 Å². The zero-order valence-electron chi connectivity index (χ0n) is 10.1. The van der Waals surface area contributed by atoms with E-state index in [4.69, 9.17) is 9.84 Å². The summed E-state index contributed by atoms with van der Waals surface area (Å²) in [5.41, 5.74) is 0.652. The highest BCUT2D eigenvalue weighted by molar-refractivity contribution is 5.98. The van der Waals surface area contributed by atoms with Gasteiger partial charge in [-0.3, -0.25) is 9.59 Å². The number of hydrogen-bond donors (Lipinski definition) is 2. The molecule has 2 atom stereocenters. The van der Waals surface area contributed by atoms with Gasteiger partial charge in [-0.2, -0.15) is 0 Å². The van der Waals surface area contributed by atoms with E-state index in [-0.39, 0.29) is 5.91 Å². The van der Waals surface area contributed by atoms with Crippen molar-refractivity contribution in [1.29, 1.82) is 0 Å². The number of anilines is 1. The lowest BCUT2D eigenvalue weighted by Crippen LogP contribution is -2.16. The van der Waals surface area contributed by atoms with E-state index in [0.29, 0.717) is 18.7 Å². The molecule has 2 rings (SSSR count). The van der Waals surface area contributed by atoms with Crippen LogP contribution in [0.1, 0.15) is 13.3 Å². The number of aliphatic carboxylic acids is 1. The van der Waals surface area contributed by atoms with E-state index in [2.05, 4.69) is 5.32 Å². The number of carboxylic acids is 1. The van der Waals surface area contributed by atoms with Crippen LogP contribution in [-0.2, 0) is 9.59 Å². The molecule has 0 heterocycles. The lowest BCUT2D eigenvalue weighted by atomic mass is 10.2. The Morgan fingerprint density at radius 1 is 1.33 bits per heavy atom. The van der Waals surface area contributed by atoms with Crippen LogP contribution in [0, 0.1) is 11.8 Å². The molecule has 1 aromatic carbocycles. The quantitative estimate of drug-likeness (QED) is 0.833. The van der Waals surface area contributed by atoms with Crippen molar-refractivity contribution in [1.82, 2.24) is 0 Å². The van der Waals surface area contributed by atoms with E-state index in [9.17, 15) is 9.59 Å². The van der Waals surface area contributed by atoms with Gasteiger partial charge in [0.1, 0.15) is 5.75 Å². The van der Waals surface area contributed by atoms with Crippen molar-refractivity contribution in [3.63, 3.8) is 0 Å². The van der Waals surface area contributed by atoms with Gasteiger partial charge in [0, 0.05) is 5.69 Å². The lowest BCUT2D eigenvalue weighted by Gasteiger charge is -2.06. The molecule has 0 radical (unpaired) electrons. The summed E-state index contributed by atoms with van der Waals surface area (Å²) in [5.74, 6) is -1.31. The summed E-state index contributed by atoms with van der Waals surface area (Å²) in [4.78, 5) is 22.3. The fourth-order valence-electron chi connectivity index (χ4n) is 1.79. The number of carbonyl (C=O) groups is 2. The highest BCUT2D eigenvalue weighted by atomic mass is 16.5. The molecule has 0 aromatic heterocycles. The number of ether oxygens (including phenoxy) is 1. The monoisotopic (exact) mass is 249 g/mol. The van der Waals surface area contributed by atoms with Gasteiger partial charge >= 0.3 is 5.97 Å². The fraction of sp³-hybridized carbons (Fsp3) is 0.385.